The molecule has 0 heterocycles. The molecule has 0 aromatic carbocycles. The summed E-state index contributed by atoms with van der Waals surface area (Å²) in [5.41, 5.74) is 0. The molecule has 0 aromatic heterocycles. The third-order valence-electron chi connectivity index (χ3n) is 0. The largest absolute Gasteiger partial charge is 1.00 e. The van der Waals surface area contributed by atoms with E-state index in [9.17, 15) is 0 Å². The van der Waals surface area contributed by atoms with Crippen molar-refractivity contribution in [2.75, 3.05) is 0 Å². The Morgan fingerprint density at radius 2 is 1.67 bits per heavy atom. The summed E-state index contributed by atoms with van der Waals surface area (Å²) in [6.07, 6.45) is 0. The zero-order chi connectivity index (χ0) is 3.58. The summed E-state index contributed by atoms with van der Waals surface area (Å²) in [4.78, 5) is 9.00. The van der Waals surface area contributed by atoms with Crippen LogP contribution in [0.4, 0.5) is 0 Å². The molecule has 1 N–H and O–H groups in total. The summed E-state index contributed by atoms with van der Waals surface area (Å²) in [5, 5.41) is 7.42. The average Bonchev–Trinajstić information content (AvgIpc) is 0.811. The van der Waals surface area contributed by atoms with Gasteiger partial charge in [0.2, 0.25) is 0 Å². The fourth-order valence-corrected chi connectivity index (χ4v) is 0. The second-order valence-corrected chi connectivity index (χ2v) is 0.519. The summed E-state index contributed by atoms with van der Waals surface area (Å²) < 4.78 is 0. The Morgan fingerprint density at radius 3 is 1.67 bits per heavy atom. The van der Waals surface area contributed by atoms with Gasteiger partial charge in [-0.1, -0.05) is 0 Å². The van der Waals surface area contributed by atoms with Crippen LogP contribution in [0.5, 0.6) is 0 Å². The normalized spacial score (nSPS) is 4.17. The molecule has 32 valence electrons. The van der Waals surface area contributed by atoms with Gasteiger partial charge in [0.25, 0.3) is 5.97 Å². The maximum atomic E-state index is 9.00. The number of carbonyl (C=O) groups is 1. The van der Waals surface area contributed by atoms with Gasteiger partial charge in [0.1, 0.15) is 0 Å². The summed E-state index contributed by atoms with van der Waals surface area (Å²) >= 11 is 0. The van der Waals surface area contributed by atoms with Crippen LogP contribution in [-0.4, -0.2) is 11.1 Å². The minimum atomic E-state index is -0.833. The molecule has 0 spiro atoms. The van der Waals surface area contributed by atoms with Crippen LogP contribution in [0, 0.1) is 0 Å². The van der Waals surface area contributed by atoms with E-state index in [2.05, 4.69) is 0 Å². The number of halogens is 1. The van der Waals surface area contributed by atoms with Crippen molar-refractivity contribution >= 4 is 5.97 Å². The van der Waals surface area contributed by atoms with Gasteiger partial charge in [-0.05, 0) is 0 Å². The van der Waals surface area contributed by atoms with Gasteiger partial charge >= 0.3 is 18.9 Å². The van der Waals surface area contributed by atoms with Gasteiger partial charge in [-0.2, -0.15) is 0 Å². The minimum absolute atomic E-state index is 0. The Kier molecular flexibility index (Phi) is 24.3. The molecular weight excluding hydrogens is 143 g/mol. The molecule has 0 aliphatic carbocycles. The summed E-state index contributed by atoms with van der Waals surface area (Å²) in [6.45, 7) is 1.08. The van der Waals surface area contributed by atoms with Crippen molar-refractivity contribution < 1.29 is 45.7 Å². The summed E-state index contributed by atoms with van der Waals surface area (Å²) in [6, 6.07) is 0. The number of hydrogen-bond donors (Lipinski definition) is 1. The Labute approximate surface area is 58.9 Å². The number of rotatable bonds is 0. The molecular formula is C2H4BrLiO2. The van der Waals surface area contributed by atoms with E-state index in [0.717, 1.165) is 6.92 Å². The molecule has 0 aliphatic rings. The van der Waals surface area contributed by atoms with E-state index >= 15 is 0 Å². The average molecular weight is 147 g/mol. The molecule has 2 nitrogen and oxygen atoms in total. The van der Waals surface area contributed by atoms with Gasteiger partial charge in [0.05, 0.1) is 0 Å². The molecule has 6 heavy (non-hydrogen) atoms. The van der Waals surface area contributed by atoms with E-state index in [-0.39, 0.29) is 35.8 Å². The maximum absolute atomic E-state index is 9.00. The zero-order valence-electron chi connectivity index (χ0n) is 3.73. The van der Waals surface area contributed by atoms with E-state index in [1.807, 2.05) is 0 Å². The van der Waals surface area contributed by atoms with Gasteiger partial charge in [-0.15, -0.1) is 0 Å². The van der Waals surface area contributed by atoms with Gasteiger partial charge in [0.15, 0.2) is 0 Å². The van der Waals surface area contributed by atoms with Crippen molar-refractivity contribution in [3.63, 3.8) is 0 Å². The molecule has 0 bridgehead atoms. The van der Waals surface area contributed by atoms with Crippen LogP contribution in [-0.2, 0) is 4.79 Å². The van der Waals surface area contributed by atoms with Crippen molar-refractivity contribution in [2.45, 2.75) is 6.92 Å². The first-order chi connectivity index (χ1) is 1.73. The standard InChI is InChI=1S/C2H4O2.BrH.Li/c1-2(3)4;;/h1H3,(H,3,4);1H;/q;;+1/p-1. The summed E-state index contributed by atoms with van der Waals surface area (Å²) in [5.74, 6) is -0.833. The van der Waals surface area contributed by atoms with Crippen molar-refractivity contribution in [2.24, 2.45) is 0 Å². The number of carboxylic acid groups (broad SMARTS) is 1. The molecule has 0 atom stereocenters. The second kappa shape index (κ2) is 9.12. The minimum Gasteiger partial charge on any atom is -1.00 e. The van der Waals surface area contributed by atoms with Crippen LogP contribution < -0.4 is 35.8 Å². The molecule has 0 fully saturated rings. The van der Waals surface area contributed by atoms with Gasteiger partial charge < -0.3 is 22.1 Å². The second-order valence-electron chi connectivity index (χ2n) is 0.519. The first-order valence-corrected chi connectivity index (χ1v) is 0.928. The molecule has 0 rings (SSSR count). The smallest absolute Gasteiger partial charge is 1.00 e. The predicted octanol–water partition coefficient (Wildman–Crippen LogP) is -5.90. The Morgan fingerprint density at radius 1 is 1.67 bits per heavy atom. The Balaban J connectivity index is -0.0000000450. The van der Waals surface area contributed by atoms with Crippen LogP contribution in [0.1, 0.15) is 6.92 Å². The predicted molar refractivity (Wildman–Crippen MR) is 13.3 cm³/mol. The molecule has 0 unspecified atom stereocenters. The van der Waals surface area contributed by atoms with Gasteiger partial charge in [0, 0.05) is 6.92 Å². The monoisotopic (exact) mass is 146 g/mol. The molecule has 0 aliphatic heterocycles. The van der Waals surface area contributed by atoms with Crippen molar-refractivity contribution in [3.8, 4) is 0 Å². The fourth-order valence-electron chi connectivity index (χ4n) is 0. The van der Waals surface area contributed by atoms with Crippen LogP contribution in [0.3, 0.4) is 0 Å². The van der Waals surface area contributed by atoms with Crippen molar-refractivity contribution in [3.05, 3.63) is 0 Å². The van der Waals surface area contributed by atoms with Gasteiger partial charge in [-0.25, -0.2) is 0 Å². The van der Waals surface area contributed by atoms with Crippen molar-refractivity contribution in [1.82, 2.24) is 0 Å². The Hall–Kier alpha value is 0.547. The van der Waals surface area contributed by atoms with E-state index in [1.54, 1.807) is 0 Å². The van der Waals surface area contributed by atoms with E-state index < -0.39 is 5.97 Å². The SMILES string of the molecule is CC(=O)O.[Br-].[Li+]. The third kappa shape index (κ3) is 191. The molecule has 0 saturated heterocycles. The molecule has 4 heteroatoms. The van der Waals surface area contributed by atoms with Crippen LogP contribution >= 0.6 is 0 Å². The fraction of sp³-hybridized carbons (Fsp3) is 0.500. The Bertz CT molecular complexity index is 34.5. The molecule has 0 aromatic rings. The van der Waals surface area contributed by atoms with E-state index in [4.69, 9.17) is 9.90 Å². The van der Waals surface area contributed by atoms with Gasteiger partial charge in [-0.3, -0.25) is 4.79 Å². The summed E-state index contributed by atoms with van der Waals surface area (Å²) in [7, 11) is 0. The molecule has 0 amide bonds. The quantitative estimate of drug-likeness (QED) is 0.346. The number of hydrogen-bond acceptors (Lipinski definition) is 1. The first kappa shape index (κ1) is 16.0. The third-order valence-corrected chi connectivity index (χ3v) is 0. The van der Waals surface area contributed by atoms with Crippen LogP contribution in [0.25, 0.3) is 0 Å². The zero-order valence-corrected chi connectivity index (χ0v) is 5.32. The maximum Gasteiger partial charge on any atom is 1.00 e. The molecule has 0 radical (unpaired) electrons. The van der Waals surface area contributed by atoms with Crippen LogP contribution in [0.2, 0.25) is 0 Å². The number of carboxylic acids is 1. The van der Waals surface area contributed by atoms with E-state index in [0.29, 0.717) is 0 Å². The van der Waals surface area contributed by atoms with Crippen LogP contribution in [0.15, 0.2) is 0 Å². The number of aliphatic carboxylic acids is 1. The van der Waals surface area contributed by atoms with Crippen molar-refractivity contribution in [1.29, 1.82) is 0 Å². The molecule has 0 saturated carbocycles. The topological polar surface area (TPSA) is 37.3 Å². The first-order valence-electron chi connectivity index (χ1n) is 0.928. The van der Waals surface area contributed by atoms with E-state index in [1.165, 1.54) is 0 Å².